The molecule has 1 fully saturated rings. The molecule has 16 heavy (non-hydrogen) atoms. The molecular formula is C10H16N6. The fraction of sp³-hybridized carbons (Fsp3) is 0.800. The Kier molecular flexibility index (Phi) is 3.47. The fourth-order valence-corrected chi connectivity index (χ4v) is 2.24. The highest BCUT2D eigenvalue weighted by Crippen LogP contribution is 2.23. The summed E-state index contributed by atoms with van der Waals surface area (Å²) in [5.74, 6) is 0.699. The molecule has 0 spiro atoms. The number of tetrazole rings is 1. The summed E-state index contributed by atoms with van der Waals surface area (Å²) < 4.78 is 0. The molecule has 1 aliphatic rings. The number of aryl methyl sites for hydroxylation is 1. The smallest absolute Gasteiger partial charge is 0.188 e. The van der Waals surface area contributed by atoms with Crippen molar-refractivity contribution in [3.8, 4) is 6.07 Å². The molecule has 0 bridgehead atoms. The van der Waals surface area contributed by atoms with Crippen molar-refractivity contribution < 1.29 is 0 Å². The lowest BCUT2D eigenvalue weighted by atomic mass is 10.2. The van der Waals surface area contributed by atoms with Crippen molar-refractivity contribution in [3.63, 3.8) is 0 Å². The first-order chi connectivity index (χ1) is 7.79. The molecule has 0 aromatic carbocycles. The first-order valence-corrected chi connectivity index (χ1v) is 5.63. The second kappa shape index (κ2) is 5.03. The van der Waals surface area contributed by atoms with Gasteiger partial charge in [-0.3, -0.25) is 4.90 Å². The second-order valence-corrected chi connectivity index (χ2v) is 4.20. The largest absolute Gasteiger partial charge is 0.280 e. The molecular weight excluding hydrogens is 204 g/mol. The minimum atomic E-state index is 0.447. The molecule has 0 radical (unpaired) electrons. The highest BCUT2D eigenvalue weighted by atomic mass is 15.6. The van der Waals surface area contributed by atoms with Gasteiger partial charge in [0, 0.05) is 6.04 Å². The zero-order valence-corrected chi connectivity index (χ0v) is 9.50. The van der Waals surface area contributed by atoms with Crippen LogP contribution in [0.4, 0.5) is 0 Å². The summed E-state index contributed by atoms with van der Waals surface area (Å²) in [5, 5.41) is 20.7. The Morgan fingerprint density at radius 2 is 2.25 bits per heavy atom. The molecule has 0 aliphatic heterocycles. The van der Waals surface area contributed by atoms with Crippen molar-refractivity contribution in [2.75, 3.05) is 6.54 Å². The van der Waals surface area contributed by atoms with Crippen molar-refractivity contribution in [2.45, 2.75) is 38.3 Å². The second-order valence-electron chi connectivity index (χ2n) is 4.20. The molecule has 6 nitrogen and oxygen atoms in total. The zero-order valence-electron chi connectivity index (χ0n) is 9.50. The Morgan fingerprint density at radius 3 is 2.81 bits per heavy atom. The Bertz CT molecular complexity index is 373. The maximum Gasteiger partial charge on any atom is 0.188 e. The third-order valence-electron chi connectivity index (χ3n) is 3.01. The lowest BCUT2D eigenvalue weighted by molar-refractivity contribution is 0.209. The quantitative estimate of drug-likeness (QED) is 0.690. The van der Waals surface area contributed by atoms with Crippen LogP contribution in [0.5, 0.6) is 0 Å². The van der Waals surface area contributed by atoms with E-state index in [-0.39, 0.29) is 0 Å². The van der Waals surface area contributed by atoms with Gasteiger partial charge in [-0.1, -0.05) is 12.8 Å². The van der Waals surface area contributed by atoms with E-state index >= 15 is 0 Å². The van der Waals surface area contributed by atoms with Gasteiger partial charge in [0.1, 0.15) is 0 Å². The number of hydrogen-bond donors (Lipinski definition) is 0. The maximum atomic E-state index is 8.83. The van der Waals surface area contributed by atoms with E-state index in [9.17, 15) is 0 Å². The van der Waals surface area contributed by atoms with Gasteiger partial charge in [0.2, 0.25) is 0 Å². The van der Waals surface area contributed by atoms with E-state index in [0.717, 1.165) is 0 Å². The molecule has 1 aliphatic carbocycles. The van der Waals surface area contributed by atoms with Gasteiger partial charge in [0.25, 0.3) is 0 Å². The van der Waals surface area contributed by atoms with E-state index in [2.05, 4.69) is 26.4 Å². The lowest BCUT2D eigenvalue weighted by Gasteiger charge is -2.24. The van der Waals surface area contributed by atoms with E-state index in [1.807, 2.05) is 0 Å². The van der Waals surface area contributed by atoms with Crippen molar-refractivity contribution in [3.05, 3.63) is 5.82 Å². The zero-order chi connectivity index (χ0) is 11.4. The van der Waals surface area contributed by atoms with E-state index in [1.54, 1.807) is 7.05 Å². The molecule has 0 unspecified atom stereocenters. The van der Waals surface area contributed by atoms with Crippen LogP contribution in [0.2, 0.25) is 0 Å². The van der Waals surface area contributed by atoms with Gasteiger partial charge in [-0.25, -0.2) is 0 Å². The van der Waals surface area contributed by atoms with E-state index in [4.69, 9.17) is 5.26 Å². The maximum absolute atomic E-state index is 8.83. The Morgan fingerprint density at radius 1 is 1.50 bits per heavy atom. The first-order valence-electron chi connectivity index (χ1n) is 5.63. The van der Waals surface area contributed by atoms with E-state index < -0.39 is 0 Å². The monoisotopic (exact) mass is 220 g/mol. The third-order valence-corrected chi connectivity index (χ3v) is 3.01. The standard InChI is InChI=1S/C10H16N6/c1-15-13-10(12-14-15)8-16(7-6-11)9-4-2-3-5-9/h9H,2-5,7-8H2,1H3. The average Bonchev–Trinajstić information content (AvgIpc) is 2.88. The third kappa shape index (κ3) is 2.55. The van der Waals surface area contributed by atoms with Crippen LogP contribution >= 0.6 is 0 Å². The van der Waals surface area contributed by atoms with Gasteiger partial charge in [0.05, 0.1) is 26.2 Å². The van der Waals surface area contributed by atoms with Gasteiger partial charge < -0.3 is 0 Å². The normalized spacial score (nSPS) is 16.8. The predicted octanol–water partition coefficient (Wildman–Crippen LogP) is 0.478. The van der Waals surface area contributed by atoms with Crippen molar-refractivity contribution in [2.24, 2.45) is 7.05 Å². The van der Waals surface area contributed by atoms with Crippen LogP contribution in [0.3, 0.4) is 0 Å². The summed E-state index contributed by atoms with van der Waals surface area (Å²) in [4.78, 5) is 3.61. The van der Waals surface area contributed by atoms with Crippen LogP contribution in [0, 0.1) is 11.3 Å². The van der Waals surface area contributed by atoms with Crippen molar-refractivity contribution in [1.29, 1.82) is 5.26 Å². The summed E-state index contributed by atoms with van der Waals surface area (Å²) in [6.07, 6.45) is 4.89. The van der Waals surface area contributed by atoms with Crippen LogP contribution in [-0.2, 0) is 13.6 Å². The molecule has 1 aromatic rings. The molecule has 1 aromatic heterocycles. The number of nitriles is 1. The van der Waals surface area contributed by atoms with Gasteiger partial charge >= 0.3 is 0 Å². The highest BCUT2D eigenvalue weighted by Gasteiger charge is 2.23. The first kappa shape index (κ1) is 11.0. The van der Waals surface area contributed by atoms with Crippen LogP contribution in [0.25, 0.3) is 0 Å². The van der Waals surface area contributed by atoms with Gasteiger partial charge in [-0.15, -0.1) is 10.2 Å². The van der Waals surface area contributed by atoms with Crippen LogP contribution in [-0.4, -0.2) is 37.7 Å². The fourth-order valence-electron chi connectivity index (χ4n) is 2.24. The van der Waals surface area contributed by atoms with Crippen molar-refractivity contribution >= 4 is 0 Å². The van der Waals surface area contributed by atoms with Gasteiger partial charge in [0.15, 0.2) is 5.82 Å². The number of rotatable bonds is 4. The Hall–Kier alpha value is -1.48. The van der Waals surface area contributed by atoms with Crippen LogP contribution < -0.4 is 0 Å². The van der Waals surface area contributed by atoms with E-state index in [0.29, 0.717) is 25.0 Å². The number of nitrogens with zero attached hydrogens (tertiary/aromatic N) is 6. The minimum Gasteiger partial charge on any atom is -0.280 e. The van der Waals surface area contributed by atoms with Gasteiger partial charge in [-0.05, 0) is 18.1 Å². The highest BCUT2D eigenvalue weighted by molar-refractivity contribution is 4.88. The summed E-state index contributed by atoms with van der Waals surface area (Å²) in [6.45, 7) is 1.08. The molecule has 0 N–H and O–H groups in total. The molecule has 1 heterocycles. The molecule has 86 valence electrons. The van der Waals surface area contributed by atoms with Gasteiger partial charge in [-0.2, -0.15) is 10.1 Å². The number of hydrogen-bond acceptors (Lipinski definition) is 5. The summed E-state index contributed by atoms with van der Waals surface area (Å²) in [5.41, 5.74) is 0. The Labute approximate surface area is 94.8 Å². The number of aromatic nitrogens is 4. The molecule has 6 heteroatoms. The topological polar surface area (TPSA) is 70.6 Å². The van der Waals surface area contributed by atoms with Crippen LogP contribution in [0.1, 0.15) is 31.5 Å². The Balaban J connectivity index is 1.99. The molecule has 0 amide bonds. The minimum absolute atomic E-state index is 0.447. The molecule has 0 saturated heterocycles. The average molecular weight is 220 g/mol. The molecule has 1 saturated carbocycles. The SMILES string of the molecule is Cn1nnc(CN(CC#N)C2CCCC2)n1. The summed E-state index contributed by atoms with van der Waals surface area (Å²) >= 11 is 0. The summed E-state index contributed by atoms with van der Waals surface area (Å²) in [7, 11) is 1.75. The lowest BCUT2D eigenvalue weighted by Crippen LogP contribution is -2.33. The molecule has 0 atom stereocenters. The van der Waals surface area contributed by atoms with Crippen molar-refractivity contribution in [1.82, 2.24) is 25.1 Å². The predicted molar refractivity (Wildman–Crippen MR) is 57.1 cm³/mol. The van der Waals surface area contributed by atoms with Crippen LogP contribution in [0.15, 0.2) is 0 Å². The van der Waals surface area contributed by atoms with E-state index in [1.165, 1.54) is 30.5 Å². The molecule has 2 rings (SSSR count). The summed E-state index contributed by atoms with van der Waals surface area (Å²) in [6, 6.07) is 2.73.